The molecule has 4 N–H and O–H groups in total. The molecule has 25 heavy (non-hydrogen) atoms. The number of carbonyl (C=O) groups is 2. The monoisotopic (exact) mass is 345 g/mol. The standard InChI is InChI=1S/C18H23N3O4/c1-18(2,3)25-17(23)21-15(19)14-10-8-13(9-11-14)7-5-4-6-12-24-16(20)22/h8-11H,4,6,12H2,1-3H3,(H2,20,22)(H2,19,21,23). The van der Waals surface area contributed by atoms with Crippen molar-refractivity contribution in [2.24, 2.45) is 5.73 Å². The van der Waals surface area contributed by atoms with E-state index in [1.54, 1.807) is 45.0 Å². The van der Waals surface area contributed by atoms with Gasteiger partial charge in [-0.25, -0.2) is 9.59 Å². The molecule has 2 amide bonds. The van der Waals surface area contributed by atoms with E-state index in [9.17, 15) is 9.59 Å². The maximum Gasteiger partial charge on any atom is 0.413 e. The minimum absolute atomic E-state index is 0.0441. The maximum absolute atomic E-state index is 11.6. The zero-order chi connectivity index (χ0) is 18.9. The first-order chi connectivity index (χ1) is 11.7. The van der Waals surface area contributed by atoms with Gasteiger partial charge in [-0.1, -0.05) is 24.0 Å². The van der Waals surface area contributed by atoms with Crippen molar-refractivity contribution in [2.75, 3.05) is 6.61 Å². The largest absolute Gasteiger partial charge is 0.450 e. The molecular weight excluding hydrogens is 322 g/mol. The van der Waals surface area contributed by atoms with Crippen LogP contribution in [0.4, 0.5) is 9.59 Å². The van der Waals surface area contributed by atoms with Crippen LogP contribution in [0.25, 0.3) is 0 Å². The number of nitrogens with two attached hydrogens (primary N) is 1. The summed E-state index contributed by atoms with van der Waals surface area (Å²) in [6, 6.07) is 6.90. The van der Waals surface area contributed by atoms with E-state index in [-0.39, 0.29) is 12.4 Å². The average Bonchev–Trinajstić information content (AvgIpc) is 2.49. The number of hydrogen-bond acceptors (Lipinski definition) is 5. The Balaban J connectivity index is 2.49. The highest BCUT2D eigenvalue weighted by Crippen LogP contribution is 2.08. The molecule has 0 saturated heterocycles. The van der Waals surface area contributed by atoms with E-state index < -0.39 is 17.8 Å². The fourth-order valence-electron chi connectivity index (χ4n) is 1.70. The summed E-state index contributed by atoms with van der Waals surface area (Å²) in [7, 11) is 0. The molecule has 1 rings (SSSR count). The summed E-state index contributed by atoms with van der Waals surface area (Å²) in [5.41, 5.74) is 5.56. The van der Waals surface area contributed by atoms with Gasteiger partial charge in [0.25, 0.3) is 0 Å². The molecule has 0 aliphatic rings. The first-order valence-electron chi connectivity index (χ1n) is 7.77. The second kappa shape index (κ2) is 9.33. The molecule has 7 nitrogen and oxygen atoms in total. The fraction of sp³-hybridized carbons (Fsp3) is 0.389. The number of amidine groups is 1. The lowest BCUT2D eigenvalue weighted by Crippen LogP contribution is -2.36. The highest BCUT2D eigenvalue weighted by Gasteiger charge is 2.17. The Kier molecular flexibility index (Phi) is 7.47. The predicted molar refractivity (Wildman–Crippen MR) is 94.3 cm³/mol. The molecule has 0 aromatic heterocycles. The van der Waals surface area contributed by atoms with Gasteiger partial charge in [-0.15, -0.1) is 0 Å². The normalized spacial score (nSPS) is 10.2. The molecule has 0 heterocycles. The van der Waals surface area contributed by atoms with Crippen molar-refractivity contribution in [3.63, 3.8) is 0 Å². The molecule has 0 unspecified atom stereocenters. The highest BCUT2D eigenvalue weighted by molar-refractivity contribution is 6.04. The van der Waals surface area contributed by atoms with Crippen molar-refractivity contribution in [3.05, 3.63) is 35.4 Å². The number of rotatable bonds is 4. The van der Waals surface area contributed by atoms with Crippen LogP contribution in [-0.2, 0) is 9.47 Å². The van der Waals surface area contributed by atoms with Crippen LogP contribution in [0.3, 0.4) is 0 Å². The van der Waals surface area contributed by atoms with Crippen LogP contribution in [0.2, 0.25) is 0 Å². The summed E-state index contributed by atoms with van der Waals surface area (Å²) >= 11 is 0. The Labute approximate surface area is 147 Å². The third kappa shape index (κ3) is 9.01. The third-order valence-corrected chi connectivity index (χ3v) is 2.72. The summed E-state index contributed by atoms with van der Waals surface area (Å²) in [6.07, 6.45) is -0.269. The lowest BCUT2D eigenvalue weighted by atomic mass is 10.1. The number of primary amides is 1. The van der Waals surface area contributed by atoms with Gasteiger partial charge >= 0.3 is 12.2 Å². The van der Waals surface area contributed by atoms with Crippen LogP contribution in [0.1, 0.15) is 44.7 Å². The average molecular weight is 345 g/mol. The molecule has 0 bridgehead atoms. The van der Waals surface area contributed by atoms with Gasteiger partial charge in [0.05, 0.1) is 6.61 Å². The molecule has 0 aliphatic heterocycles. The maximum atomic E-state index is 11.6. The van der Waals surface area contributed by atoms with E-state index in [1.165, 1.54) is 0 Å². The number of amides is 2. The van der Waals surface area contributed by atoms with Crippen molar-refractivity contribution in [1.29, 1.82) is 5.41 Å². The molecule has 0 radical (unpaired) electrons. The molecule has 0 atom stereocenters. The van der Waals surface area contributed by atoms with Gasteiger partial charge in [-0.3, -0.25) is 10.7 Å². The number of hydrogen-bond donors (Lipinski definition) is 3. The van der Waals surface area contributed by atoms with Crippen molar-refractivity contribution >= 4 is 18.0 Å². The number of ether oxygens (including phenoxy) is 2. The lowest BCUT2D eigenvalue weighted by molar-refractivity contribution is 0.0563. The van der Waals surface area contributed by atoms with E-state index in [4.69, 9.17) is 15.9 Å². The zero-order valence-corrected chi connectivity index (χ0v) is 14.6. The molecule has 0 saturated carbocycles. The summed E-state index contributed by atoms with van der Waals surface area (Å²) in [5, 5.41) is 10.3. The molecule has 0 aliphatic carbocycles. The first-order valence-corrected chi connectivity index (χ1v) is 7.77. The van der Waals surface area contributed by atoms with Gasteiger partial charge in [-0.2, -0.15) is 0 Å². The lowest BCUT2D eigenvalue weighted by Gasteiger charge is -2.19. The van der Waals surface area contributed by atoms with E-state index in [2.05, 4.69) is 21.9 Å². The summed E-state index contributed by atoms with van der Waals surface area (Å²) in [4.78, 5) is 22.0. The Morgan fingerprint density at radius 3 is 2.44 bits per heavy atom. The topological polar surface area (TPSA) is 114 Å². The van der Waals surface area contributed by atoms with Crippen molar-refractivity contribution in [1.82, 2.24) is 5.32 Å². The van der Waals surface area contributed by atoms with Gasteiger partial charge < -0.3 is 15.2 Å². The Morgan fingerprint density at radius 1 is 1.24 bits per heavy atom. The molecule has 0 fully saturated rings. The highest BCUT2D eigenvalue weighted by atomic mass is 16.6. The number of carbonyl (C=O) groups excluding carboxylic acids is 2. The molecule has 134 valence electrons. The zero-order valence-electron chi connectivity index (χ0n) is 14.6. The van der Waals surface area contributed by atoms with Gasteiger partial charge in [0.1, 0.15) is 11.4 Å². The predicted octanol–water partition coefficient (Wildman–Crippen LogP) is 2.76. The number of nitrogens with one attached hydrogen (secondary N) is 2. The van der Waals surface area contributed by atoms with Crippen LogP contribution in [-0.4, -0.2) is 30.2 Å². The van der Waals surface area contributed by atoms with Crippen molar-refractivity contribution < 1.29 is 19.1 Å². The third-order valence-electron chi connectivity index (χ3n) is 2.72. The second-order valence-electron chi connectivity index (χ2n) is 6.15. The number of benzene rings is 1. The van der Waals surface area contributed by atoms with Crippen molar-refractivity contribution in [3.8, 4) is 11.8 Å². The summed E-state index contributed by atoms with van der Waals surface area (Å²) < 4.78 is 9.70. The minimum Gasteiger partial charge on any atom is -0.450 e. The summed E-state index contributed by atoms with van der Waals surface area (Å²) in [5.74, 6) is 5.88. The van der Waals surface area contributed by atoms with Gasteiger partial charge in [0.15, 0.2) is 0 Å². The molecule has 0 spiro atoms. The van der Waals surface area contributed by atoms with Crippen LogP contribution >= 0.6 is 0 Å². The van der Waals surface area contributed by atoms with Crippen molar-refractivity contribution in [2.45, 2.75) is 39.2 Å². The van der Waals surface area contributed by atoms with Crippen LogP contribution in [0.5, 0.6) is 0 Å². The molecule has 1 aromatic carbocycles. The Hall–Kier alpha value is -3.01. The SMILES string of the molecule is CC(C)(C)OC(=O)NC(=N)c1ccc(C#CCCCOC(N)=O)cc1. The molecule has 7 heteroatoms. The smallest absolute Gasteiger partial charge is 0.413 e. The van der Waals surface area contributed by atoms with Gasteiger partial charge in [0.2, 0.25) is 0 Å². The van der Waals surface area contributed by atoms with Gasteiger partial charge in [-0.05, 0) is 39.3 Å². The van der Waals surface area contributed by atoms with Gasteiger partial charge in [0, 0.05) is 17.5 Å². The second-order valence-corrected chi connectivity index (χ2v) is 6.15. The van der Waals surface area contributed by atoms with E-state index in [1.807, 2.05) is 0 Å². The fourth-order valence-corrected chi connectivity index (χ4v) is 1.70. The Bertz CT molecular complexity index is 679. The summed E-state index contributed by atoms with van der Waals surface area (Å²) in [6.45, 7) is 5.51. The quantitative estimate of drug-likeness (QED) is 0.337. The van der Waals surface area contributed by atoms with Crippen LogP contribution < -0.4 is 11.1 Å². The minimum atomic E-state index is -0.786. The molecule has 1 aromatic rings. The van der Waals surface area contributed by atoms with E-state index in [0.29, 0.717) is 18.4 Å². The van der Waals surface area contributed by atoms with E-state index >= 15 is 0 Å². The first kappa shape index (κ1) is 20.0. The van der Waals surface area contributed by atoms with E-state index in [0.717, 1.165) is 5.56 Å². The van der Waals surface area contributed by atoms with Crippen LogP contribution in [0.15, 0.2) is 24.3 Å². The Morgan fingerprint density at radius 2 is 1.88 bits per heavy atom. The molecular formula is C18H23N3O4. The number of unbranched alkanes of at least 4 members (excludes halogenated alkanes) is 1. The number of alkyl carbamates (subject to hydrolysis) is 1. The van der Waals surface area contributed by atoms with Crippen LogP contribution in [0, 0.1) is 17.3 Å².